The Hall–Kier alpha value is -1.13. The van der Waals surface area contributed by atoms with Gasteiger partial charge in [-0.1, -0.05) is 42.0 Å². The molecule has 0 aliphatic rings. The van der Waals surface area contributed by atoms with Crippen LogP contribution in [0.3, 0.4) is 0 Å². The maximum atomic E-state index is 11.0. The first-order valence-electron chi connectivity index (χ1n) is 6.32. The molecule has 0 saturated carbocycles. The van der Waals surface area contributed by atoms with E-state index in [0.717, 1.165) is 18.2 Å². The highest BCUT2D eigenvalue weighted by atomic mass is 32.2. The average Bonchev–Trinajstić information content (AvgIpc) is 2.27. The van der Waals surface area contributed by atoms with Crippen molar-refractivity contribution in [1.29, 1.82) is 0 Å². The van der Waals surface area contributed by atoms with Crippen LogP contribution in [0.15, 0.2) is 42.0 Å². The van der Waals surface area contributed by atoms with Crippen molar-refractivity contribution in [2.24, 2.45) is 0 Å². The van der Waals surface area contributed by atoms with Gasteiger partial charge in [-0.05, 0) is 25.3 Å². The molecule has 0 radical (unpaired) electrons. The first-order chi connectivity index (χ1) is 8.71. The van der Waals surface area contributed by atoms with Gasteiger partial charge in [0, 0.05) is 0 Å². The fourth-order valence-electron chi connectivity index (χ4n) is 1.28. The van der Waals surface area contributed by atoms with Crippen molar-refractivity contribution in [1.82, 2.24) is 0 Å². The Morgan fingerprint density at radius 2 is 2.06 bits per heavy atom. The molecule has 17 heavy (non-hydrogen) atoms. The lowest BCUT2D eigenvalue weighted by Crippen LogP contribution is -2.04. The van der Waals surface area contributed by atoms with Crippen molar-refractivity contribution in [3.63, 3.8) is 0 Å². The lowest BCUT2D eigenvalue weighted by atomic mass is 10.1. The summed E-state index contributed by atoms with van der Waals surface area (Å²) in [6, 6.07) is 9.80. The Balaban J connectivity index is 2.62. The summed E-state index contributed by atoms with van der Waals surface area (Å²) in [5.74, 6) is 0. The van der Waals surface area contributed by atoms with Gasteiger partial charge in [0.05, 0.1) is 15.6 Å². The molecule has 1 rings (SSSR count). The number of allylic oxidation sites excluding steroid dienone is 1. The molecular weight excluding hydrogens is 236 g/mol. The Bertz CT molecular complexity index is 536. The normalized spacial score (nSPS) is 15.3. The second-order valence-electron chi connectivity index (χ2n) is 3.80. The van der Waals surface area contributed by atoms with Gasteiger partial charge in [-0.15, -0.1) is 0 Å². The van der Waals surface area contributed by atoms with Crippen LogP contribution in [0.2, 0.25) is 0 Å². The van der Waals surface area contributed by atoms with E-state index in [1.807, 2.05) is 30.3 Å². The predicted molar refractivity (Wildman–Crippen MR) is 69.3 cm³/mol. The maximum Gasteiger partial charge on any atom is 0.264 e. The molecule has 1 aromatic carbocycles. The molecule has 94 valence electrons. The second kappa shape index (κ2) is 6.57. The summed E-state index contributed by atoms with van der Waals surface area (Å²) in [6.45, 7) is -0.763. The van der Waals surface area contributed by atoms with E-state index in [1.165, 1.54) is 6.92 Å². The molecule has 0 spiro atoms. The van der Waals surface area contributed by atoms with Crippen LogP contribution in [0.4, 0.5) is 0 Å². The fourth-order valence-corrected chi connectivity index (χ4v) is 1.57. The van der Waals surface area contributed by atoms with Crippen LogP contribution in [-0.4, -0.2) is 21.2 Å². The summed E-state index contributed by atoms with van der Waals surface area (Å²) in [5, 5.41) is 0. The monoisotopic (exact) mass is 256 g/mol. The van der Waals surface area contributed by atoms with E-state index in [4.69, 9.17) is 2.74 Å². The van der Waals surface area contributed by atoms with Crippen LogP contribution in [-0.2, 0) is 20.7 Å². The molecular formula is C13H18O3S. The minimum absolute atomic E-state index is 0.258. The molecule has 0 atom stereocenters. The molecule has 0 heterocycles. The van der Waals surface area contributed by atoms with Crippen molar-refractivity contribution in [3.05, 3.63) is 47.5 Å². The van der Waals surface area contributed by atoms with Gasteiger partial charge in [0.25, 0.3) is 10.1 Å². The molecule has 3 nitrogen and oxygen atoms in total. The number of hydrogen-bond acceptors (Lipinski definition) is 3. The highest BCUT2D eigenvalue weighted by molar-refractivity contribution is 7.85. The van der Waals surface area contributed by atoms with E-state index in [0.29, 0.717) is 6.42 Å². The summed E-state index contributed by atoms with van der Waals surface area (Å²) >= 11 is 0. The molecule has 0 amide bonds. The third-order valence-electron chi connectivity index (χ3n) is 2.08. The fraction of sp³-hybridized carbons (Fsp3) is 0.385. The number of benzene rings is 1. The highest BCUT2D eigenvalue weighted by Crippen LogP contribution is 2.05. The molecule has 0 aliphatic heterocycles. The largest absolute Gasteiger partial charge is 0.266 e. The molecule has 0 aliphatic carbocycles. The average molecular weight is 256 g/mol. The van der Waals surface area contributed by atoms with E-state index >= 15 is 0 Å². The third-order valence-corrected chi connectivity index (χ3v) is 2.47. The zero-order valence-electron chi connectivity index (χ0n) is 12.0. The second-order valence-corrected chi connectivity index (χ2v) is 5.38. The first-order valence-corrected chi connectivity index (χ1v) is 7.14. The Labute approximate surface area is 106 Å². The van der Waals surface area contributed by atoms with Gasteiger partial charge in [-0.3, -0.25) is 4.18 Å². The third kappa shape index (κ3) is 6.92. The van der Waals surface area contributed by atoms with Gasteiger partial charge in [0.1, 0.15) is 0 Å². The van der Waals surface area contributed by atoms with Crippen molar-refractivity contribution >= 4 is 10.1 Å². The van der Waals surface area contributed by atoms with Gasteiger partial charge in [-0.2, -0.15) is 8.42 Å². The molecule has 0 fully saturated rings. The lowest BCUT2D eigenvalue weighted by Gasteiger charge is -2.02. The molecule has 1 aromatic rings. The molecule has 0 aromatic heterocycles. The Kier molecular flexibility index (Phi) is 4.25. The summed E-state index contributed by atoms with van der Waals surface area (Å²) in [7, 11) is -3.82. The van der Waals surface area contributed by atoms with Gasteiger partial charge in [0.2, 0.25) is 0 Å². The van der Waals surface area contributed by atoms with E-state index in [9.17, 15) is 8.42 Å². The molecule has 4 heteroatoms. The Morgan fingerprint density at radius 1 is 1.41 bits per heavy atom. The number of aryl methyl sites for hydroxylation is 1. The first kappa shape index (κ1) is 11.0. The quantitative estimate of drug-likeness (QED) is 0.580. The Morgan fingerprint density at radius 3 is 2.65 bits per heavy atom. The molecule has 0 N–H and O–H groups in total. The van der Waals surface area contributed by atoms with Crippen molar-refractivity contribution < 1.29 is 15.3 Å². The van der Waals surface area contributed by atoms with Crippen LogP contribution in [0.25, 0.3) is 0 Å². The van der Waals surface area contributed by atoms with Gasteiger partial charge >= 0.3 is 0 Å². The SMILES string of the molecule is [2H]C([2H])(OS(C)(=O)=O)/C(C)=C/CCc1ccccc1. The smallest absolute Gasteiger partial charge is 0.264 e. The van der Waals surface area contributed by atoms with Gasteiger partial charge in [-0.25, -0.2) is 0 Å². The maximum absolute atomic E-state index is 11.0. The summed E-state index contributed by atoms with van der Waals surface area (Å²) in [4.78, 5) is 0. The van der Waals surface area contributed by atoms with Gasteiger partial charge in [0.15, 0.2) is 0 Å². The van der Waals surface area contributed by atoms with Crippen LogP contribution in [0, 0.1) is 0 Å². The highest BCUT2D eigenvalue weighted by Gasteiger charge is 2.01. The van der Waals surface area contributed by atoms with E-state index in [2.05, 4.69) is 4.18 Å². The van der Waals surface area contributed by atoms with E-state index in [1.54, 1.807) is 6.08 Å². The van der Waals surface area contributed by atoms with E-state index < -0.39 is 16.7 Å². The summed E-state index contributed by atoms with van der Waals surface area (Å²) in [6.07, 6.45) is 3.90. The zero-order valence-corrected chi connectivity index (χ0v) is 10.8. The minimum atomic E-state index is -3.82. The zero-order chi connectivity index (χ0) is 14.5. The number of rotatable bonds is 6. The summed E-state index contributed by atoms with van der Waals surface area (Å²) < 4.78 is 41.5. The van der Waals surface area contributed by atoms with Crippen LogP contribution in [0.5, 0.6) is 0 Å². The predicted octanol–water partition coefficient (Wildman–Crippen LogP) is 2.54. The standard InChI is InChI=1S/C13H18O3S/c1-12(11-16-17(2,14)15)7-6-10-13-8-4-3-5-9-13/h3-5,7-9H,6,10-11H2,1-2H3/b12-7+/i11D2. The van der Waals surface area contributed by atoms with Crippen molar-refractivity contribution in [3.8, 4) is 0 Å². The van der Waals surface area contributed by atoms with E-state index in [-0.39, 0.29) is 5.57 Å². The molecule has 0 saturated heterocycles. The molecule has 0 bridgehead atoms. The van der Waals surface area contributed by atoms with Gasteiger partial charge < -0.3 is 0 Å². The topological polar surface area (TPSA) is 43.4 Å². The lowest BCUT2D eigenvalue weighted by molar-refractivity contribution is 0.352. The number of hydrogen-bond donors (Lipinski definition) is 0. The summed E-state index contributed by atoms with van der Waals surface area (Å²) in [5.41, 5.74) is 1.41. The molecule has 0 unspecified atom stereocenters. The minimum Gasteiger partial charge on any atom is -0.266 e. The van der Waals surface area contributed by atoms with Crippen molar-refractivity contribution in [2.45, 2.75) is 19.8 Å². The van der Waals surface area contributed by atoms with Crippen LogP contribution in [0.1, 0.15) is 21.6 Å². The van der Waals surface area contributed by atoms with Crippen LogP contribution < -0.4 is 0 Å². The van der Waals surface area contributed by atoms with Crippen molar-refractivity contribution in [2.75, 3.05) is 12.8 Å². The van der Waals surface area contributed by atoms with Crippen LogP contribution >= 0.6 is 0 Å².